The average molecular weight is 230 g/mol. The predicted octanol–water partition coefficient (Wildman–Crippen LogP) is 1.51. The van der Waals surface area contributed by atoms with Gasteiger partial charge in [-0.15, -0.1) is 12.4 Å². The van der Waals surface area contributed by atoms with Gasteiger partial charge in [-0.1, -0.05) is 18.2 Å². The maximum atomic E-state index is 9.92. The summed E-state index contributed by atoms with van der Waals surface area (Å²) >= 11 is 0. The Hall–Kier alpha value is -0.770. The van der Waals surface area contributed by atoms with Crippen LogP contribution in [0.2, 0.25) is 0 Å². The van der Waals surface area contributed by atoms with Crippen LogP contribution in [0.3, 0.4) is 0 Å². The van der Waals surface area contributed by atoms with Gasteiger partial charge in [0.1, 0.15) is 12.4 Å². The average Bonchev–Trinajstić information content (AvgIpc) is 2.39. The first-order chi connectivity index (χ1) is 6.81. The third-order valence-corrected chi connectivity index (χ3v) is 2.63. The number of para-hydroxylation sites is 1. The van der Waals surface area contributed by atoms with Crippen LogP contribution in [0.1, 0.15) is 18.1 Å². The Morgan fingerprint density at radius 3 is 2.87 bits per heavy atom. The van der Waals surface area contributed by atoms with Crippen molar-refractivity contribution in [3.63, 3.8) is 0 Å². The molecule has 2 unspecified atom stereocenters. The molecule has 0 aliphatic carbocycles. The molecule has 0 fully saturated rings. The molecule has 0 spiro atoms. The van der Waals surface area contributed by atoms with E-state index in [-0.39, 0.29) is 18.4 Å². The topological polar surface area (TPSA) is 41.5 Å². The van der Waals surface area contributed by atoms with Crippen molar-refractivity contribution in [2.75, 3.05) is 13.7 Å². The van der Waals surface area contributed by atoms with Gasteiger partial charge < -0.3 is 15.2 Å². The first-order valence-corrected chi connectivity index (χ1v) is 4.88. The summed E-state index contributed by atoms with van der Waals surface area (Å²) in [5.41, 5.74) is 0.894. The molecule has 1 aromatic rings. The fourth-order valence-corrected chi connectivity index (χ4v) is 1.74. The van der Waals surface area contributed by atoms with Gasteiger partial charge in [0.05, 0.1) is 6.10 Å². The van der Waals surface area contributed by atoms with E-state index in [2.05, 4.69) is 5.32 Å². The fourth-order valence-electron chi connectivity index (χ4n) is 1.74. The number of ether oxygens (including phenoxy) is 1. The van der Waals surface area contributed by atoms with E-state index >= 15 is 0 Å². The number of rotatable bonds is 1. The molecule has 0 radical (unpaired) electrons. The van der Waals surface area contributed by atoms with Crippen molar-refractivity contribution in [3.8, 4) is 5.75 Å². The highest BCUT2D eigenvalue weighted by atomic mass is 35.5. The van der Waals surface area contributed by atoms with Crippen LogP contribution < -0.4 is 10.1 Å². The van der Waals surface area contributed by atoms with E-state index < -0.39 is 6.10 Å². The Morgan fingerprint density at radius 2 is 2.13 bits per heavy atom. The van der Waals surface area contributed by atoms with Crippen molar-refractivity contribution in [2.24, 2.45) is 0 Å². The van der Waals surface area contributed by atoms with Crippen LogP contribution in [0, 0.1) is 0 Å². The Bertz CT molecular complexity index is 319. The summed E-state index contributed by atoms with van der Waals surface area (Å²) < 4.78 is 5.60. The number of aliphatic hydroxyl groups excluding tert-OH is 1. The lowest BCUT2D eigenvalue weighted by Gasteiger charge is -2.14. The van der Waals surface area contributed by atoms with Crippen molar-refractivity contribution < 1.29 is 9.84 Å². The van der Waals surface area contributed by atoms with E-state index in [0.29, 0.717) is 13.0 Å². The van der Waals surface area contributed by atoms with E-state index in [0.717, 1.165) is 11.3 Å². The quantitative estimate of drug-likeness (QED) is 0.767. The number of likely N-dealkylation sites (N-methyl/N-ethyl adjacent to an activating group) is 1. The number of nitrogens with one attached hydrogen (secondary N) is 1. The molecule has 0 aromatic heterocycles. The fraction of sp³-hybridized carbons (Fsp3) is 0.455. The van der Waals surface area contributed by atoms with Crippen molar-refractivity contribution in [3.05, 3.63) is 29.8 Å². The molecule has 1 heterocycles. The van der Waals surface area contributed by atoms with Crippen molar-refractivity contribution >= 4 is 12.4 Å². The molecule has 15 heavy (non-hydrogen) atoms. The molecule has 0 saturated heterocycles. The maximum absolute atomic E-state index is 9.92. The summed E-state index contributed by atoms with van der Waals surface area (Å²) in [6.45, 7) is 0.616. The minimum atomic E-state index is -0.425. The van der Waals surface area contributed by atoms with Crippen molar-refractivity contribution in [2.45, 2.75) is 18.6 Å². The predicted molar refractivity (Wildman–Crippen MR) is 61.6 cm³/mol. The molecule has 1 aliphatic rings. The summed E-state index contributed by atoms with van der Waals surface area (Å²) in [6, 6.07) is 7.88. The lowest BCUT2D eigenvalue weighted by molar-refractivity contribution is 0.153. The van der Waals surface area contributed by atoms with E-state index in [9.17, 15) is 5.11 Å². The van der Waals surface area contributed by atoms with Gasteiger partial charge in [-0.05, 0) is 19.5 Å². The van der Waals surface area contributed by atoms with Crippen LogP contribution in [0.5, 0.6) is 5.75 Å². The molecule has 2 N–H and O–H groups in total. The van der Waals surface area contributed by atoms with Gasteiger partial charge in [-0.3, -0.25) is 0 Å². The first-order valence-electron chi connectivity index (χ1n) is 4.88. The third kappa shape index (κ3) is 2.62. The lowest BCUT2D eigenvalue weighted by atomic mass is 10.0. The summed E-state index contributed by atoms with van der Waals surface area (Å²) in [4.78, 5) is 0. The molecule has 0 saturated carbocycles. The highest BCUT2D eigenvalue weighted by Gasteiger charge is 2.22. The Morgan fingerprint density at radius 1 is 1.40 bits per heavy atom. The molecule has 0 amide bonds. The molecule has 0 bridgehead atoms. The first kappa shape index (κ1) is 12.3. The molecule has 1 aliphatic heterocycles. The monoisotopic (exact) mass is 229 g/mol. The largest absolute Gasteiger partial charge is 0.492 e. The maximum Gasteiger partial charge on any atom is 0.125 e. The number of hydrogen-bond acceptors (Lipinski definition) is 3. The number of hydrogen-bond donors (Lipinski definition) is 2. The molecule has 2 atom stereocenters. The molecular formula is C11H16ClNO2. The minimum absolute atomic E-state index is 0. The smallest absolute Gasteiger partial charge is 0.125 e. The van der Waals surface area contributed by atoms with Gasteiger partial charge in [0.15, 0.2) is 0 Å². The molecule has 4 heteroatoms. The highest BCUT2D eigenvalue weighted by molar-refractivity contribution is 5.85. The summed E-state index contributed by atoms with van der Waals surface area (Å²) in [7, 11) is 1.89. The van der Waals surface area contributed by atoms with E-state index in [1.807, 2.05) is 31.3 Å². The van der Waals surface area contributed by atoms with Gasteiger partial charge in [-0.25, -0.2) is 0 Å². The second kappa shape index (κ2) is 5.35. The summed E-state index contributed by atoms with van der Waals surface area (Å²) in [6.07, 6.45) is 0.277. The molecule has 2 rings (SSSR count). The summed E-state index contributed by atoms with van der Waals surface area (Å²) in [5.74, 6) is 0.803. The molecular weight excluding hydrogens is 214 g/mol. The standard InChI is InChI=1S/C11H15NO2.ClH/c1-12-8-6-10(13)9-4-2-3-5-11(9)14-7-8;/h2-5,8,10,12-13H,6-7H2,1H3;1H. The number of fused-ring (bicyclic) bond motifs is 1. The minimum Gasteiger partial charge on any atom is -0.492 e. The van der Waals surface area contributed by atoms with E-state index in [1.165, 1.54) is 0 Å². The van der Waals surface area contributed by atoms with Crippen LogP contribution in [0.15, 0.2) is 24.3 Å². The zero-order valence-electron chi connectivity index (χ0n) is 8.64. The van der Waals surface area contributed by atoms with Gasteiger partial charge in [0.25, 0.3) is 0 Å². The van der Waals surface area contributed by atoms with Gasteiger partial charge >= 0.3 is 0 Å². The zero-order valence-corrected chi connectivity index (χ0v) is 9.46. The van der Waals surface area contributed by atoms with Gasteiger partial charge in [0, 0.05) is 11.6 Å². The van der Waals surface area contributed by atoms with Crippen LogP contribution in [0.4, 0.5) is 0 Å². The molecule has 3 nitrogen and oxygen atoms in total. The Balaban J connectivity index is 0.00000112. The van der Waals surface area contributed by atoms with Crippen LogP contribution >= 0.6 is 12.4 Å². The molecule has 84 valence electrons. The lowest BCUT2D eigenvalue weighted by Crippen LogP contribution is -2.31. The number of halogens is 1. The van der Waals surface area contributed by atoms with Crippen LogP contribution in [0.25, 0.3) is 0 Å². The summed E-state index contributed by atoms with van der Waals surface area (Å²) in [5, 5.41) is 13.0. The van der Waals surface area contributed by atoms with Crippen LogP contribution in [-0.2, 0) is 0 Å². The van der Waals surface area contributed by atoms with E-state index in [4.69, 9.17) is 4.74 Å². The van der Waals surface area contributed by atoms with Gasteiger partial charge in [-0.2, -0.15) is 0 Å². The van der Waals surface area contributed by atoms with Crippen molar-refractivity contribution in [1.29, 1.82) is 0 Å². The second-order valence-corrected chi connectivity index (χ2v) is 3.59. The highest BCUT2D eigenvalue weighted by Crippen LogP contribution is 2.30. The Kier molecular flexibility index (Phi) is 4.39. The van der Waals surface area contributed by atoms with E-state index in [1.54, 1.807) is 0 Å². The van der Waals surface area contributed by atoms with Gasteiger partial charge in [0.2, 0.25) is 0 Å². The zero-order chi connectivity index (χ0) is 9.97. The Labute approximate surface area is 95.9 Å². The normalized spacial score (nSPS) is 24.4. The molecule has 1 aromatic carbocycles. The third-order valence-electron chi connectivity index (χ3n) is 2.63. The van der Waals surface area contributed by atoms with Crippen LogP contribution in [-0.4, -0.2) is 24.8 Å². The van der Waals surface area contributed by atoms with Crippen molar-refractivity contribution in [1.82, 2.24) is 5.32 Å². The number of benzene rings is 1. The number of aliphatic hydroxyl groups is 1. The second-order valence-electron chi connectivity index (χ2n) is 3.59. The SMILES string of the molecule is CNC1COc2ccccc2C(O)C1.Cl.